The van der Waals surface area contributed by atoms with Crippen LogP contribution in [-0.4, -0.2) is 42.2 Å². The Kier molecular flexibility index (Phi) is 5.57. The number of nitrogens with zero attached hydrogens (tertiary/aromatic N) is 3. The fourth-order valence-electron chi connectivity index (χ4n) is 1.68. The Hall–Kier alpha value is -1.86. The molecule has 1 amide bonds. The van der Waals surface area contributed by atoms with E-state index in [1.165, 1.54) is 23.0 Å². The van der Waals surface area contributed by atoms with E-state index < -0.39 is 0 Å². The summed E-state index contributed by atoms with van der Waals surface area (Å²) in [5, 5.41) is 5.39. The molecule has 7 heteroatoms. The first-order valence-electron chi connectivity index (χ1n) is 6.72. The number of anilines is 1. The van der Waals surface area contributed by atoms with Crippen LogP contribution in [0.25, 0.3) is 0 Å². The first-order valence-corrected chi connectivity index (χ1v) is 7.94. The molecule has 116 valence electrons. The SMILES string of the molecule is CCO/C=C1/SC(=S)N(/N=C/c2ccc(N(C)C)cc2)C1=O. The summed E-state index contributed by atoms with van der Waals surface area (Å²) >= 11 is 6.35. The molecule has 1 aromatic rings. The molecule has 0 unspecified atom stereocenters. The Balaban J connectivity index is 2.09. The predicted octanol–water partition coefficient (Wildman–Crippen LogP) is 2.82. The van der Waals surface area contributed by atoms with Crippen molar-refractivity contribution in [2.45, 2.75) is 6.92 Å². The topological polar surface area (TPSA) is 45.1 Å². The summed E-state index contributed by atoms with van der Waals surface area (Å²) in [7, 11) is 3.96. The van der Waals surface area contributed by atoms with Crippen molar-refractivity contribution in [2.24, 2.45) is 5.10 Å². The van der Waals surface area contributed by atoms with E-state index in [1.54, 1.807) is 6.21 Å². The molecule has 1 aromatic carbocycles. The van der Waals surface area contributed by atoms with Crippen LogP contribution in [0, 0.1) is 0 Å². The van der Waals surface area contributed by atoms with Gasteiger partial charge in [-0.15, -0.1) is 0 Å². The quantitative estimate of drug-likeness (QED) is 0.358. The molecule has 22 heavy (non-hydrogen) atoms. The molecule has 0 atom stereocenters. The minimum absolute atomic E-state index is 0.260. The van der Waals surface area contributed by atoms with E-state index in [0.29, 0.717) is 15.8 Å². The Morgan fingerprint density at radius 2 is 2.05 bits per heavy atom. The van der Waals surface area contributed by atoms with Gasteiger partial charge < -0.3 is 9.64 Å². The second-order valence-corrected chi connectivity index (χ2v) is 6.33. The molecule has 0 radical (unpaired) electrons. The van der Waals surface area contributed by atoms with Crippen LogP contribution in [0.5, 0.6) is 0 Å². The average Bonchev–Trinajstić information content (AvgIpc) is 2.77. The largest absolute Gasteiger partial charge is 0.500 e. The highest BCUT2D eigenvalue weighted by Crippen LogP contribution is 2.31. The fraction of sp³-hybridized carbons (Fsp3) is 0.267. The van der Waals surface area contributed by atoms with Gasteiger partial charge in [-0.25, -0.2) is 0 Å². The molecule has 2 rings (SSSR count). The normalized spacial score (nSPS) is 16.9. The first-order chi connectivity index (χ1) is 10.5. The number of thiocarbonyl (C=S) groups is 1. The zero-order valence-electron chi connectivity index (χ0n) is 12.6. The summed E-state index contributed by atoms with van der Waals surface area (Å²) in [6.45, 7) is 2.36. The van der Waals surface area contributed by atoms with Gasteiger partial charge >= 0.3 is 0 Å². The Morgan fingerprint density at radius 1 is 1.36 bits per heavy atom. The first kappa shape index (κ1) is 16.5. The second kappa shape index (κ2) is 7.42. The van der Waals surface area contributed by atoms with E-state index in [9.17, 15) is 4.79 Å². The lowest BCUT2D eigenvalue weighted by atomic mass is 10.2. The number of ether oxygens (including phenoxy) is 1. The Morgan fingerprint density at radius 3 is 2.64 bits per heavy atom. The Labute approximate surface area is 139 Å². The number of thioether (sulfide) groups is 1. The van der Waals surface area contributed by atoms with E-state index >= 15 is 0 Å². The number of carbonyl (C=O) groups is 1. The van der Waals surface area contributed by atoms with Crippen molar-refractivity contribution in [3.8, 4) is 0 Å². The van der Waals surface area contributed by atoms with Gasteiger partial charge in [0, 0.05) is 19.8 Å². The van der Waals surface area contributed by atoms with Gasteiger partial charge in [0.15, 0.2) is 4.32 Å². The average molecular weight is 335 g/mol. The van der Waals surface area contributed by atoms with Gasteiger partial charge in [-0.1, -0.05) is 12.1 Å². The van der Waals surface area contributed by atoms with Crippen LogP contribution in [0.1, 0.15) is 12.5 Å². The number of carbonyl (C=O) groups excluding carboxylic acids is 1. The van der Waals surface area contributed by atoms with E-state index in [-0.39, 0.29) is 5.91 Å². The molecule has 1 aliphatic rings. The van der Waals surface area contributed by atoms with Crippen LogP contribution in [0.4, 0.5) is 5.69 Å². The van der Waals surface area contributed by atoms with E-state index in [1.807, 2.05) is 50.2 Å². The number of hydrogen-bond acceptors (Lipinski definition) is 6. The molecule has 1 aliphatic heterocycles. The molecule has 0 saturated carbocycles. The standard InChI is InChI=1S/C15H17N3O2S2/c1-4-20-10-13-14(19)18(15(21)22-13)16-9-11-5-7-12(8-6-11)17(2)3/h5-10H,4H2,1-3H3/b13-10+,16-9+. The molecule has 0 spiro atoms. The van der Waals surface area contributed by atoms with Crippen LogP contribution in [0.15, 0.2) is 40.5 Å². The number of hydrazone groups is 1. The maximum absolute atomic E-state index is 12.1. The van der Waals surface area contributed by atoms with Gasteiger partial charge in [-0.05, 0) is 48.6 Å². The highest BCUT2D eigenvalue weighted by Gasteiger charge is 2.32. The molecule has 0 N–H and O–H groups in total. The molecule has 5 nitrogen and oxygen atoms in total. The zero-order chi connectivity index (χ0) is 16.1. The van der Waals surface area contributed by atoms with E-state index in [2.05, 4.69) is 5.10 Å². The summed E-state index contributed by atoms with van der Waals surface area (Å²) in [6.07, 6.45) is 3.05. The molecule has 0 aliphatic carbocycles. The molecular weight excluding hydrogens is 318 g/mol. The highest BCUT2D eigenvalue weighted by molar-refractivity contribution is 8.26. The molecule has 0 bridgehead atoms. The monoisotopic (exact) mass is 335 g/mol. The van der Waals surface area contributed by atoms with Crippen LogP contribution < -0.4 is 4.90 Å². The molecular formula is C15H17N3O2S2. The maximum atomic E-state index is 12.1. The van der Waals surface area contributed by atoms with Crippen molar-refractivity contribution in [3.63, 3.8) is 0 Å². The lowest BCUT2D eigenvalue weighted by Gasteiger charge is -2.12. The lowest BCUT2D eigenvalue weighted by Crippen LogP contribution is -2.22. The van der Waals surface area contributed by atoms with Crippen molar-refractivity contribution in [3.05, 3.63) is 41.0 Å². The molecule has 1 heterocycles. The minimum Gasteiger partial charge on any atom is -0.500 e. The lowest BCUT2D eigenvalue weighted by molar-refractivity contribution is -0.122. The number of hydrogen-bond donors (Lipinski definition) is 0. The van der Waals surface area contributed by atoms with Crippen molar-refractivity contribution in [1.82, 2.24) is 5.01 Å². The third-order valence-electron chi connectivity index (χ3n) is 2.86. The molecule has 1 fully saturated rings. The third kappa shape index (κ3) is 3.86. The second-order valence-electron chi connectivity index (χ2n) is 4.65. The summed E-state index contributed by atoms with van der Waals surface area (Å²) in [5.74, 6) is -0.260. The molecule has 0 aromatic heterocycles. The third-order valence-corrected chi connectivity index (χ3v) is 4.12. The Bertz CT molecular complexity index is 624. The van der Waals surface area contributed by atoms with Crippen molar-refractivity contribution in [1.29, 1.82) is 0 Å². The van der Waals surface area contributed by atoms with Gasteiger partial charge in [0.1, 0.15) is 11.2 Å². The van der Waals surface area contributed by atoms with Crippen molar-refractivity contribution < 1.29 is 9.53 Å². The minimum atomic E-state index is -0.260. The van der Waals surface area contributed by atoms with Crippen LogP contribution in [0.3, 0.4) is 0 Å². The van der Waals surface area contributed by atoms with Gasteiger partial charge in [0.05, 0.1) is 12.8 Å². The number of amides is 1. The maximum Gasteiger partial charge on any atom is 0.290 e. The van der Waals surface area contributed by atoms with Crippen LogP contribution in [0.2, 0.25) is 0 Å². The van der Waals surface area contributed by atoms with Gasteiger partial charge in [-0.2, -0.15) is 10.1 Å². The smallest absolute Gasteiger partial charge is 0.290 e. The summed E-state index contributed by atoms with van der Waals surface area (Å²) in [4.78, 5) is 14.6. The van der Waals surface area contributed by atoms with Crippen LogP contribution in [-0.2, 0) is 9.53 Å². The fourth-order valence-corrected chi connectivity index (χ4v) is 2.78. The van der Waals surface area contributed by atoms with Crippen molar-refractivity contribution in [2.75, 3.05) is 25.6 Å². The van der Waals surface area contributed by atoms with Crippen molar-refractivity contribution >= 4 is 46.1 Å². The summed E-state index contributed by atoms with van der Waals surface area (Å²) in [5.41, 5.74) is 2.00. The zero-order valence-corrected chi connectivity index (χ0v) is 14.3. The van der Waals surface area contributed by atoms with Gasteiger partial charge in [0.2, 0.25) is 0 Å². The predicted molar refractivity (Wildman–Crippen MR) is 95.1 cm³/mol. The summed E-state index contributed by atoms with van der Waals surface area (Å²) < 4.78 is 5.54. The van der Waals surface area contributed by atoms with Crippen LogP contribution >= 0.6 is 24.0 Å². The van der Waals surface area contributed by atoms with Gasteiger partial charge in [0.25, 0.3) is 5.91 Å². The number of rotatable bonds is 5. The number of benzene rings is 1. The molecule has 1 saturated heterocycles. The highest BCUT2D eigenvalue weighted by atomic mass is 32.2. The summed E-state index contributed by atoms with van der Waals surface area (Å²) in [6, 6.07) is 7.85. The van der Waals surface area contributed by atoms with E-state index in [0.717, 1.165) is 11.3 Å². The van der Waals surface area contributed by atoms with E-state index in [4.69, 9.17) is 17.0 Å². The van der Waals surface area contributed by atoms with Gasteiger partial charge in [-0.3, -0.25) is 4.79 Å².